The summed E-state index contributed by atoms with van der Waals surface area (Å²) in [4.78, 5) is 18.0. The molecule has 0 amide bonds. The molecule has 0 aliphatic carbocycles. The number of thiophene rings is 1. The zero-order valence-electron chi connectivity index (χ0n) is 7.75. The molecule has 2 heterocycles. The quantitative estimate of drug-likeness (QED) is 0.670. The van der Waals surface area contributed by atoms with Gasteiger partial charge in [-0.2, -0.15) is 0 Å². The highest BCUT2D eigenvalue weighted by atomic mass is 35.5. The summed E-state index contributed by atoms with van der Waals surface area (Å²) < 4.78 is 14.4. The summed E-state index contributed by atoms with van der Waals surface area (Å²) in [5, 5.41) is 0.878. The highest BCUT2D eigenvalue weighted by Crippen LogP contribution is 2.34. The van der Waals surface area contributed by atoms with E-state index in [1.165, 1.54) is 12.4 Å². The number of hydrogen-bond donors (Lipinski definition) is 1. The third-order valence-electron chi connectivity index (χ3n) is 2.28. The Morgan fingerprint density at radius 3 is 3.00 bits per heavy atom. The molecular weight excluding hydrogens is 251 g/mol. The molecule has 0 aliphatic rings. The molecule has 0 saturated carbocycles. The van der Waals surface area contributed by atoms with Gasteiger partial charge in [-0.05, 0) is 12.1 Å². The Morgan fingerprint density at radius 1 is 1.38 bits per heavy atom. The van der Waals surface area contributed by atoms with Crippen LogP contribution in [-0.4, -0.2) is 9.97 Å². The van der Waals surface area contributed by atoms with Crippen molar-refractivity contribution in [1.82, 2.24) is 9.97 Å². The lowest BCUT2D eigenvalue weighted by Gasteiger charge is -1.93. The van der Waals surface area contributed by atoms with Crippen molar-refractivity contribution in [1.29, 1.82) is 0 Å². The molecule has 0 atom stereocenters. The molecule has 0 bridgehead atoms. The largest absolute Gasteiger partial charge is 0.312 e. The molecular formula is C10H4ClFN2OS. The Bertz CT molecular complexity index is 764. The minimum atomic E-state index is -0.426. The first-order valence-electron chi connectivity index (χ1n) is 4.42. The fourth-order valence-electron chi connectivity index (χ4n) is 1.62. The summed E-state index contributed by atoms with van der Waals surface area (Å²) in [6, 6.07) is 2.85. The van der Waals surface area contributed by atoms with Gasteiger partial charge < -0.3 is 4.98 Å². The molecule has 1 aromatic carbocycles. The molecule has 0 unspecified atom stereocenters. The summed E-state index contributed by atoms with van der Waals surface area (Å²) in [6.45, 7) is 0. The van der Waals surface area contributed by atoms with Crippen LogP contribution in [0.1, 0.15) is 0 Å². The standard InChI is InChI=1S/C10H4ClFN2OS/c11-4-1-5-7-9(10(15)14-3-13-7)16-8(5)6(12)2-4/h1-3H,(H,13,14,15). The van der Waals surface area contributed by atoms with E-state index < -0.39 is 5.82 Å². The maximum atomic E-state index is 13.6. The summed E-state index contributed by atoms with van der Waals surface area (Å²) >= 11 is 6.86. The van der Waals surface area contributed by atoms with Gasteiger partial charge in [0.05, 0.1) is 16.5 Å². The van der Waals surface area contributed by atoms with Gasteiger partial charge in [-0.25, -0.2) is 9.37 Å². The monoisotopic (exact) mass is 254 g/mol. The molecule has 0 spiro atoms. The zero-order valence-corrected chi connectivity index (χ0v) is 9.32. The number of rotatable bonds is 0. The number of nitrogens with zero attached hydrogens (tertiary/aromatic N) is 1. The van der Waals surface area contributed by atoms with Gasteiger partial charge in [0.15, 0.2) is 0 Å². The Morgan fingerprint density at radius 2 is 2.19 bits per heavy atom. The topological polar surface area (TPSA) is 45.8 Å². The Labute approximate surface area is 97.5 Å². The fourth-order valence-corrected chi connectivity index (χ4v) is 2.86. The smallest absolute Gasteiger partial charge is 0.268 e. The van der Waals surface area contributed by atoms with Crippen LogP contribution < -0.4 is 5.56 Å². The number of benzene rings is 1. The van der Waals surface area contributed by atoms with Crippen LogP contribution in [0.3, 0.4) is 0 Å². The average molecular weight is 255 g/mol. The first-order valence-corrected chi connectivity index (χ1v) is 5.61. The normalized spacial score (nSPS) is 11.4. The zero-order chi connectivity index (χ0) is 11.3. The molecule has 0 fully saturated rings. The van der Waals surface area contributed by atoms with Crippen LogP contribution in [0.15, 0.2) is 23.3 Å². The van der Waals surface area contributed by atoms with E-state index in [9.17, 15) is 9.18 Å². The highest BCUT2D eigenvalue weighted by molar-refractivity contribution is 7.25. The van der Waals surface area contributed by atoms with Crippen LogP contribution in [0, 0.1) is 5.82 Å². The third kappa shape index (κ3) is 1.25. The van der Waals surface area contributed by atoms with E-state index in [-0.39, 0.29) is 5.56 Å². The average Bonchev–Trinajstić information content (AvgIpc) is 2.59. The summed E-state index contributed by atoms with van der Waals surface area (Å²) in [5.74, 6) is -0.426. The molecule has 80 valence electrons. The van der Waals surface area contributed by atoms with E-state index in [1.807, 2.05) is 0 Å². The molecule has 0 aliphatic heterocycles. The lowest BCUT2D eigenvalue weighted by molar-refractivity contribution is 0.642. The Hall–Kier alpha value is -1.46. The third-order valence-corrected chi connectivity index (χ3v) is 3.70. The second kappa shape index (κ2) is 3.26. The van der Waals surface area contributed by atoms with Crippen LogP contribution >= 0.6 is 22.9 Å². The van der Waals surface area contributed by atoms with Crippen LogP contribution in [0.2, 0.25) is 5.02 Å². The first-order chi connectivity index (χ1) is 7.66. The first kappa shape index (κ1) is 9.74. The van der Waals surface area contributed by atoms with Gasteiger partial charge >= 0.3 is 0 Å². The maximum Gasteiger partial charge on any atom is 0.268 e. The van der Waals surface area contributed by atoms with E-state index in [2.05, 4.69) is 9.97 Å². The fraction of sp³-hybridized carbons (Fsp3) is 0. The van der Waals surface area contributed by atoms with E-state index >= 15 is 0 Å². The van der Waals surface area contributed by atoms with Crippen LogP contribution in [0.25, 0.3) is 20.3 Å². The molecule has 6 heteroatoms. The van der Waals surface area contributed by atoms with Crippen LogP contribution in [0.5, 0.6) is 0 Å². The number of fused-ring (bicyclic) bond motifs is 3. The van der Waals surface area contributed by atoms with Crippen molar-refractivity contribution < 1.29 is 4.39 Å². The van der Waals surface area contributed by atoms with Gasteiger partial charge in [-0.15, -0.1) is 11.3 Å². The number of aromatic amines is 1. The van der Waals surface area contributed by atoms with Crippen molar-refractivity contribution in [3.8, 4) is 0 Å². The molecule has 1 N–H and O–H groups in total. The Kier molecular flexibility index (Phi) is 1.99. The molecule has 3 rings (SSSR count). The maximum absolute atomic E-state index is 13.6. The highest BCUT2D eigenvalue weighted by Gasteiger charge is 2.13. The van der Waals surface area contributed by atoms with Crippen molar-refractivity contribution >= 4 is 43.2 Å². The molecule has 0 saturated heterocycles. The van der Waals surface area contributed by atoms with Gasteiger partial charge in [0.25, 0.3) is 5.56 Å². The van der Waals surface area contributed by atoms with Crippen molar-refractivity contribution in [3.05, 3.63) is 39.7 Å². The minimum Gasteiger partial charge on any atom is -0.312 e. The minimum absolute atomic E-state index is 0.262. The second-order valence-corrected chi connectivity index (χ2v) is 4.73. The summed E-state index contributed by atoms with van der Waals surface area (Å²) in [5.41, 5.74) is 0.229. The van der Waals surface area contributed by atoms with Gasteiger partial charge in [0.1, 0.15) is 10.5 Å². The summed E-state index contributed by atoms with van der Waals surface area (Å²) in [7, 11) is 0. The van der Waals surface area contributed by atoms with Crippen LogP contribution in [-0.2, 0) is 0 Å². The number of aromatic nitrogens is 2. The van der Waals surface area contributed by atoms with Crippen molar-refractivity contribution in [3.63, 3.8) is 0 Å². The van der Waals surface area contributed by atoms with Crippen LogP contribution in [0.4, 0.5) is 4.39 Å². The lowest BCUT2D eigenvalue weighted by Crippen LogP contribution is -2.03. The number of hydrogen-bond acceptors (Lipinski definition) is 3. The predicted octanol–water partition coefficient (Wildman–Crippen LogP) is 2.93. The van der Waals surface area contributed by atoms with Gasteiger partial charge in [-0.3, -0.25) is 4.79 Å². The summed E-state index contributed by atoms with van der Waals surface area (Å²) in [6.07, 6.45) is 1.30. The number of H-pyrrole nitrogens is 1. The Balaban J connectivity index is 2.66. The van der Waals surface area contributed by atoms with E-state index in [4.69, 9.17) is 11.6 Å². The predicted molar refractivity (Wildman–Crippen MR) is 62.7 cm³/mol. The van der Waals surface area contributed by atoms with Gasteiger partial charge in [0, 0.05) is 10.4 Å². The lowest BCUT2D eigenvalue weighted by atomic mass is 10.2. The van der Waals surface area contributed by atoms with E-state index in [0.717, 1.165) is 11.3 Å². The van der Waals surface area contributed by atoms with Crippen molar-refractivity contribution in [2.45, 2.75) is 0 Å². The molecule has 3 aromatic rings. The SMILES string of the molecule is O=c1[nH]cnc2c1sc1c(F)cc(Cl)cc12. The second-order valence-electron chi connectivity index (χ2n) is 3.28. The molecule has 0 radical (unpaired) electrons. The molecule has 2 aromatic heterocycles. The van der Waals surface area contributed by atoms with Crippen molar-refractivity contribution in [2.24, 2.45) is 0 Å². The molecule has 16 heavy (non-hydrogen) atoms. The van der Waals surface area contributed by atoms with E-state index in [1.54, 1.807) is 6.07 Å². The van der Waals surface area contributed by atoms with Gasteiger partial charge in [0.2, 0.25) is 0 Å². The van der Waals surface area contributed by atoms with E-state index in [0.29, 0.717) is 25.3 Å². The van der Waals surface area contributed by atoms with Gasteiger partial charge in [-0.1, -0.05) is 11.6 Å². The van der Waals surface area contributed by atoms with Crippen molar-refractivity contribution in [2.75, 3.05) is 0 Å². The molecule has 3 nitrogen and oxygen atoms in total. The number of nitrogens with one attached hydrogen (secondary N) is 1. The number of halogens is 2.